The Balaban J connectivity index is 2.26. The van der Waals surface area contributed by atoms with Crippen LogP contribution < -0.4 is 0 Å². The molecule has 0 spiro atoms. The Hall–Kier alpha value is -1.98. The Labute approximate surface area is 124 Å². The Kier molecular flexibility index (Phi) is 4.32. The lowest BCUT2D eigenvalue weighted by atomic mass is 10.0. The molecule has 1 heterocycles. The number of Topliss-reactive ketones (excluding diaryl/α,β-unsaturated/α-hetero) is 1. The van der Waals surface area contributed by atoms with Crippen LogP contribution in [0.5, 0.6) is 0 Å². The van der Waals surface area contributed by atoms with Gasteiger partial charge in [0.25, 0.3) is 5.69 Å². The first kappa shape index (κ1) is 14.4. The van der Waals surface area contributed by atoms with Crippen molar-refractivity contribution in [2.75, 3.05) is 0 Å². The molecule has 0 fully saturated rings. The number of ketones is 1. The Bertz CT molecular complexity index is 672. The van der Waals surface area contributed by atoms with Gasteiger partial charge >= 0.3 is 0 Å². The van der Waals surface area contributed by atoms with E-state index in [2.05, 4.69) is 4.98 Å². The summed E-state index contributed by atoms with van der Waals surface area (Å²) in [6.07, 6.45) is 1.52. The molecule has 0 aliphatic heterocycles. The average Bonchev–Trinajstić information content (AvgIpc) is 2.41. The Morgan fingerprint density at radius 1 is 1.25 bits per heavy atom. The highest BCUT2D eigenvalue weighted by molar-refractivity contribution is 6.34. The molecule has 5 nitrogen and oxygen atoms in total. The minimum Gasteiger partial charge on any atom is -0.294 e. The Morgan fingerprint density at radius 2 is 2.00 bits per heavy atom. The second-order valence-corrected chi connectivity index (χ2v) is 4.80. The number of nitro groups is 1. The van der Waals surface area contributed by atoms with Crippen LogP contribution in [0.15, 0.2) is 36.5 Å². The van der Waals surface area contributed by atoms with Crippen LogP contribution in [0.25, 0.3) is 0 Å². The van der Waals surface area contributed by atoms with E-state index in [9.17, 15) is 14.9 Å². The fourth-order valence-electron chi connectivity index (χ4n) is 1.63. The topological polar surface area (TPSA) is 73.1 Å². The minimum atomic E-state index is -0.572. The number of carbonyl (C=O) groups excluding carboxylic acids is 1. The largest absolute Gasteiger partial charge is 0.294 e. The normalized spacial score (nSPS) is 10.3. The summed E-state index contributed by atoms with van der Waals surface area (Å²) in [4.78, 5) is 26.1. The highest BCUT2D eigenvalue weighted by Gasteiger charge is 2.16. The summed E-state index contributed by atoms with van der Waals surface area (Å²) in [6.45, 7) is 0. The quantitative estimate of drug-likeness (QED) is 0.373. The van der Waals surface area contributed by atoms with Crippen molar-refractivity contribution >= 4 is 34.7 Å². The third kappa shape index (κ3) is 3.31. The fourth-order valence-corrected chi connectivity index (χ4v) is 1.97. The van der Waals surface area contributed by atoms with E-state index >= 15 is 0 Å². The molecule has 0 N–H and O–H groups in total. The zero-order valence-electron chi connectivity index (χ0n) is 10.0. The van der Waals surface area contributed by atoms with Gasteiger partial charge in [-0.2, -0.15) is 0 Å². The number of pyridine rings is 1. The van der Waals surface area contributed by atoms with E-state index in [1.807, 2.05) is 0 Å². The Morgan fingerprint density at radius 3 is 2.60 bits per heavy atom. The van der Waals surface area contributed by atoms with Gasteiger partial charge in [-0.15, -0.1) is 0 Å². The van der Waals surface area contributed by atoms with Crippen LogP contribution in [0.1, 0.15) is 15.9 Å². The predicted octanol–water partition coefficient (Wildman–Crippen LogP) is 3.72. The third-order valence-corrected chi connectivity index (χ3v) is 3.17. The molecule has 2 aromatic rings. The summed E-state index contributed by atoms with van der Waals surface area (Å²) < 4.78 is 0. The van der Waals surface area contributed by atoms with Gasteiger partial charge in [-0.05, 0) is 17.7 Å². The molecule has 0 unspecified atom stereocenters. The van der Waals surface area contributed by atoms with Crippen LogP contribution in [-0.4, -0.2) is 15.7 Å². The molecule has 1 aromatic carbocycles. The molecule has 7 heteroatoms. The SMILES string of the molecule is O=C(Cc1ccc(Cl)nc1)c1cc([N+](=O)[O-])ccc1Cl. The van der Waals surface area contributed by atoms with Gasteiger partial charge < -0.3 is 0 Å². The maximum absolute atomic E-state index is 12.1. The molecule has 2 rings (SSSR count). The van der Waals surface area contributed by atoms with E-state index in [1.54, 1.807) is 12.1 Å². The number of non-ortho nitro benzene ring substituents is 1. The highest BCUT2D eigenvalue weighted by Crippen LogP contribution is 2.23. The van der Waals surface area contributed by atoms with Crippen molar-refractivity contribution in [3.8, 4) is 0 Å². The predicted molar refractivity (Wildman–Crippen MR) is 75.4 cm³/mol. The first-order valence-corrected chi connectivity index (χ1v) is 6.30. The summed E-state index contributed by atoms with van der Waals surface area (Å²) in [6, 6.07) is 7.00. The average molecular weight is 311 g/mol. The summed E-state index contributed by atoms with van der Waals surface area (Å²) in [5.41, 5.74) is 0.602. The van der Waals surface area contributed by atoms with Gasteiger partial charge in [0, 0.05) is 30.3 Å². The van der Waals surface area contributed by atoms with Gasteiger partial charge in [0.2, 0.25) is 0 Å². The number of nitrogens with zero attached hydrogens (tertiary/aromatic N) is 2. The van der Waals surface area contributed by atoms with Crippen molar-refractivity contribution < 1.29 is 9.72 Å². The zero-order valence-corrected chi connectivity index (χ0v) is 11.6. The zero-order chi connectivity index (χ0) is 14.7. The molecule has 0 saturated heterocycles. The molecule has 1 aromatic heterocycles. The maximum atomic E-state index is 12.1. The highest BCUT2D eigenvalue weighted by atomic mass is 35.5. The van der Waals surface area contributed by atoms with E-state index in [4.69, 9.17) is 23.2 Å². The third-order valence-electron chi connectivity index (χ3n) is 2.61. The van der Waals surface area contributed by atoms with Gasteiger partial charge in [0.15, 0.2) is 5.78 Å². The van der Waals surface area contributed by atoms with Crippen LogP contribution >= 0.6 is 23.2 Å². The van der Waals surface area contributed by atoms with Crippen molar-refractivity contribution in [2.45, 2.75) is 6.42 Å². The second kappa shape index (κ2) is 5.98. The first-order valence-electron chi connectivity index (χ1n) is 5.55. The van der Waals surface area contributed by atoms with Crippen molar-refractivity contribution in [2.24, 2.45) is 0 Å². The van der Waals surface area contributed by atoms with Crippen molar-refractivity contribution in [3.05, 3.63) is 67.9 Å². The molecule has 0 radical (unpaired) electrons. The smallest absolute Gasteiger partial charge is 0.270 e. The van der Waals surface area contributed by atoms with Gasteiger partial charge in [0.1, 0.15) is 5.15 Å². The number of halogens is 2. The maximum Gasteiger partial charge on any atom is 0.270 e. The standard InChI is InChI=1S/C13H8Cl2N2O3/c14-11-3-2-9(17(19)20)6-10(11)12(18)5-8-1-4-13(15)16-7-8/h1-4,6-7H,5H2. The number of nitro benzene ring substituents is 1. The molecule has 102 valence electrons. The van der Waals surface area contributed by atoms with Crippen LogP contribution in [0, 0.1) is 10.1 Å². The lowest BCUT2D eigenvalue weighted by Crippen LogP contribution is -2.05. The van der Waals surface area contributed by atoms with Gasteiger partial charge in [0.05, 0.1) is 9.95 Å². The van der Waals surface area contributed by atoms with Gasteiger partial charge in [-0.25, -0.2) is 4.98 Å². The number of rotatable bonds is 4. The molecule has 0 aliphatic carbocycles. The van der Waals surface area contributed by atoms with Crippen LogP contribution in [0.3, 0.4) is 0 Å². The lowest BCUT2D eigenvalue weighted by Gasteiger charge is -2.04. The fraction of sp³-hybridized carbons (Fsp3) is 0.0769. The number of hydrogen-bond donors (Lipinski definition) is 0. The van der Waals surface area contributed by atoms with Crippen LogP contribution in [-0.2, 0) is 6.42 Å². The molecule has 0 bridgehead atoms. The van der Waals surface area contributed by atoms with Gasteiger partial charge in [-0.1, -0.05) is 29.3 Å². The van der Waals surface area contributed by atoms with E-state index in [0.29, 0.717) is 10.7 Å². The minimum absolute atomic E-state index is 0.0467. The molecule has 0 atom stereocenters. The number of hydrogen-bond acceptors (Lipinski definition) is 4. The molecule has 0 aliphatic rings. The summed E-state index contributed by atoms with van der Waals surface area (Å²) >= 11 is 11.6. The number of aromatic nitrogens is 1. The molecular weight excluding hydrogens is 303 g/mol. The second-order valence-electron chi connectivity index (χ2n) is 4.01. The number of benzene rings is 1. The summed E-state index contributed by atoms with van der Waals surface area (Å²) in [5.74, 6) is -0.317. The molecule has 0 saturated carbocycles. The first-order chi connectivity index (χ1) is 9.47. The van der Waals surface area contributed by atoms with Crippen molar-refractivity contribution in [3.63, 3.8) is 0 Å². The molecule has 20 heavy (non-hydrogen) atoms. The number of carbonyl (C=O) groups is 1. The molecular formula is C13H8Cl2N2O3. The van der Waals surface area contributed by atoms with E-state index in [1.165, 1.54) is 24.4 Å². The summed E-state index contributed by atoms with van der Waals surface area (Å²) in [7, 11) is 0. The van der Waals surface area contributed by atoms with E-state index in [-0.39, 0.29) is 28.5 Å². The van der Waals surface area contributed by atoms with Gasteiger partial charge in [-0.3, -0.25) is 14.9 Å². The summed E-state index contributed by atoms with van der Waals surface area (Å²) in [5, 5.41) is 11.2. The monoisotopic (exact) mass is 310 g/mol. The van der Waals surface area contributed by atoms with Crippen LogP contribution in [0.2, 0.25) is 10.2 Å². The van der Waals surface area contributed by atoms with Crippen LogP contribution in [0.4, 0.5) is 5.69 Å². The van der Waals surface area contributed by atoms with E-state index < -0.39 is 4.92 Å². The van der Waals surface area contributed by atoms with E-state index in [0.717, 1.165) is 0 Å². The van der Waals surface area contributed by atoms with Crippen molar-refractivity contribution in [1.29, 1.82) is 0 Å². The lowest BCUT2D eigenvalue weighted by molar-refractivity contribution is -0.384. The molecule has 0 amide bonds. The van der Waals surface area contributed by atoms with Crippen molar-refractivity contribution in [1.82, 2.24) is 4.98 Å².